The van der Waals surface area contributed by atoms with E-state index in [2.05, 4.69) is 5.32 Å². The molecule has 1 aliphatic carbocycles. The molecule has 0 bridgehead atoms. The van der Waals surface area contributed by atoms with E-state index in [1.807, 2.05) is 0 Å². The first-order chi connectivity index (χ1) is 9.47. The van der Waals surface area contributed by atoms with E-state index in [1.165, 1.54) is 0 Å². The van der Waals surface area contributed by atoms with Crippen molar-refractivity contribution in [2.24, 2.45) is 0 Å². The van der Waals surface area contributed by atoms with Crippen LogP contribution in [-0.4, -0.2) is 36.3 Å². The van der Waals surface area contributed by atoms with Gasteiger partial charge in [0.15, 0.2) is 0 Å². The highest BCUT2D eigenvalue weighted by Crippen LogP contribution is 2.37. The summed E-state index contributed by atoms with van der Waals surface area (Å²) in [6.45, 7) is 0.418. The number of nitrogens with one attached hydrogen (secondary N) is 1. The third-order valence-electron chi connectivity index (χ3n) is 3.94. The molecule has 0 saturated heterocycles. The third kappa shape index (κ3) is 2.85. The van der Waals surface area contributed by atoms with Crippen LogP contribution in [0.2, 0.25) is 0 Å². The molecule has 0 heterocycles. The molecule has 1 saturated carbocycles. The zero-order valence-corrected chi connectivity index (χ0v) is 11.9. The summed E-state index contributed by atoms with van der Waals surface area (Å²) in [5, 5.41) is 24.6. The van der Waals surface area contributed by atoms with Crippen molar-refractivity contribution in [1.29, 1.82) is 0 Å². The molecule has 0 atom stereocenters. The van der Waals surface area contributed by atoms with E-state index in [-0.39, 0.29) is 10.6 Å². The van der Waals surface area contributed by atoms with Crippen LogP contribution in [0.3, 0.4) is 0 Å². The fraction of sp³-hybridized carbons (Fsp3) is 0.571. The number of benzene rings is 1. The zero-order chi connectivity index (χ0) is 14.8. The van der Waals surface area contributed by atoms with E-state index >= 15 is 0 Å². The van der Waals surface area contributed by atoms with E-state index in [0.29, 0.717) is 17.9 Å². The number of hydrogen-bond donors (Lipinski definition) is 2. The summed E-state index contributed by atoms with van der Waals surface area (Å²) in [7, 11) is 3.45. The first-order valence-corrected chi connectivity index (χ1v) is 6.85. The first kappa shape index (κ1) is 14.6. The molecule has 0 spiro atoms. The molecule has 1 aromatic carbocycles. The fourth-order valence-corrected chi connectivity index (χ4v) is 2.95. The largest absolute Gasteiger partial charge is 0.388 e. The molecule has 0 unspecified atom stereocenters. The summed E-state index contributed by atoms with van der Waals surface area (Å²) >= 11 is 0. The van der Waals surface area contributed by atoms with Gasteiger partial charge in [-0.15, -0.1) is 0 Å². The highest BCUT2D eigenvalue weighted by Gasteiger charge is 2.34. The predicted molar refractivity (Wildman–Crippen MR) is 79.3 cm³/mol. The number of aliphatic hydroxyl groups is 1. The lowest BCUT2D eigenvalue weighted by Crippen LogP contribution is -2.39. The van der Waals surface area contributed by atoms with Gasteiger partial charge < -0.3 is 15.3 Å². The molecule has 0 aliphatic heterocycles. The molecule has 2 rings (SSSR count). The van der Waals surface area contributed by atoms with Crippen molar-refractivity contribution in [3.63, 3.8) is 0 Å². The summed E-state index contributed by atoms with van der Waals surface area (Å²) in [4.78, 5) is 12.7. The number of para-hydroxylation sites is 1. The second-order valence-corrected chi connectivity index (χ2v) is 5.47. The summed E-state index contributed by atoms with van der Waals surface area (Å²) in [6, 6.07) is 5.18. The number of nitrogens with zero attached hydrogens (tertiary/aromatic N) is 2. The zero-order valence-electron chi connectivity index (χ0n) is 11.9. The fourth-order valence-electron chi connectivity index (χ4n) is 2.95. The van der Waals surface area contributed by atoms with E-state index in [0.717, 1.165) is 25.7 Å². The van der Waals surface area contributed by atoms with Crippen molar-refractivity contribution < 1.29 is 10.0 Å². The lowest BCUT2D eigenvalue weighted by molar-refractivity contribution is -0.383. The number of nitro groups is 1. The van der Waals surface area contributed by atoms with Crippen LogP contribution in [0.25, 0.3) is 0 Å². The molecule has 0 aromatic heterocycles. The topological polar surface area (TPSA) is 78.6 Å². The molecule has 110 valence electrons. The van der Waals surface area contributed by atoms with Gasteiger partial charge >= 0.3 is 5.69 Å². The number of anilines is 2. The molecule has 6 nitrogen and oxygen atoms in total. The maximum Gasteiger partial charge on any atom is 0.315 e. The molecule has 0 radical (unpaired) electrons. The Morgan fingerprint density at radius 3 is 2.65 bits per heavy atom. The molecule has 2 N–H and O–H groups in total. The van der Waals surface area contributed by atoms with E-state index in [1.54, 1.807) is 37.2 Å². The SMILES string of the molecule is CNc1cccc(N(C)CC2(O)CCCC2)c1[N+](=O)[O-]. The van der Waals surface area contributed by atoms with Crippen LogP contribution in [0.5, 0.6) is 0 Å². The average molecular weight is 279 g/mol. The molecular weight excluding hydrogens is 258 g/mol. The summed E-state index contributed by atoms with van der Waals surface area (Å²) in [5.41, 5.74) is 0.345. The van der Waals surface area contributed by atoms with Crippen LogP contribution in [0.15, 0.2) is 18.2 Å². The summed E-state index contributed by atoms with van der Waals surface area (Å²) in [6.07, 6.45) is 3.56. The van der Waals surface area contributed by atoms with Crippen molar-refractivity contribution in [1.82, 2.24) is 0 Å². The Kier molecular flexibility index (Phi) is 4.13. The van der Waals surface area contributed by atoms with Gasteiger partial charge in [-0.1, -0.05) is 18.9 Å². The molecular formula is C14H21N3O3. The van der Waals surface area contributed by atoms with Gasteiger partial charge in [-0.25, -0.2) is 0 Å². The van der Waals surface area contributed by atoms with Gasteiger partial charge in [0.2, 0.25) is 0 Å². The van der Waals surface area contributed by atoms with Gasteiger partial charge in [-0.3, -0.25) is 10.1 Å². The van der Waals surface area contributed by atoms with E-state index in [4.69, 9.17) is 0 Å². The van der Waals surface area contributed by atoms with Crippen LogP contribution >= 0.6 is 0 Å². The quantitative estimate of drug-likeness (QED) is 0.639. The van der Waals surface area contributed by atoms with Crippen LogP contribution in [-0.2, 0) is 0 Å². The molecule has 1 aromatic rings. The van der Waals surface area contributed by atoms with Gasteiger partial charge in [-0.05, 0) is 25.0 Å². The normalized spacial score (nSPS) is 16.9. The second-order valence-electron chi connectivity index (χ2n) is 5.47. The molecule has 20 heavy (non-hydrogen) atoms. The Bertz CT molecular complexity index is 498. The van der Waals surface area contributed by atoms with Crippen molar-refractivity contribution in [3.8, 4) is 0 Å². The summed E-state index contributed by atoms with van der Waals surface area (Å²) in [5.74, 6) is 0. The minimum absolute atomic E-state index is 0.0547. The lowest BCUT2D eigenvalue weighted by atomic mass is 10.0. The highest BCUT2D eigenvalue weighted by molar-refractivity contribution is 5.76. The maximum atomic E-state index is 11.3. The standard InChI is InChI=1S/C14H21N3O3/c1-15-11-6-5-7-12(13(11)17(19)20)16(2)10-14(18)8-3-4-9-14/h5-7,15,18H,3-4,8-10H2,1-2H3. The van der Waals surface area contributed by atoms with E-state index < -0.39 is 5.60 Å². The van der Waals surface area contributed by atoms with Gasteiger partial charge in [0.05, 0.1) is 10.5 Å². The van der Waals surface area contributed by atoms with Crippen molar-refractivity contribution in [3.05, 3.63) is 28.3 Å². The van der Waals surface area contributed by atoms with Gasteiger partial charge in [0.1, 0.15) is 11.4 Å². The van der Waals surface area contributed by atoms with Crippen molar-refractivity contribution >= 4 is 17.1 Å². The first-order valence-electron chi connectivity index (χ1n) is 6.85. The van der Waals surface area contributed by atoms with E-state index in [9.17, 15) is 15.2 Å². The van der Waals surface area contributed by atoms with Gasteiger partial charge in [0.25, 0.3) is 0 Å². The Balaban J connectivity index is 2.29. The molecule has 0 amide bonds. The summed E-state index contributed by atoms with van der Waals surface area (Å²) < 4.78 is 0. The number of rotatable bonds is 5. The Labute approximate surface area is 118 Å². The number of nitro benzene ring substituents is 1. The molecule has 1 aliphatic rings. The molecule has 6 heteroatoms. The average Bonchev–Trinajstić information content (AvgIpc) is 2.83. The van der Waals surface area contributed by atoms with Crippen LogP contribution in [0.1, 0.15) is 25.7 Å². The Morgan fingerprint density at radius 1 is 1.45 bits per heavy atom. The minimum atomic E-state index is -0.724. The number of hydrogen-bond acceptors (Lipinski definition) is 5. The minimum Gasteiger partial charge on any atom is -0.388 e. The maximum absolute atomic E-state index is 11.3. The predicted octanol–water partition coefficient (Wildman–Crippen LogP) is 2.38. The Hall–Kier alpha value is -1.82. The Morgan fingerprint density at radius 2 is 2.10 bits per heavy atom. The van der Waals surface area contributed by atoms with Crippen molar-refractivity contribution in [2.75, 3.05) is 30.9 Å². The third-order valence-corrected chi connectivity index (χ3v) is 3.94. The second kappa shape index (κ2) is 5.66. The van der Waals surface area contributed by atoms with Crippen LogP contribution in [0.4, 0.5) is 17.1 Å². The van der Waals surface area contributed by atoms with Gasteiger partial charge in [0, 0.05) is 20.6 Å². The lowest BCUT2D eigenvalue weighted by Gasteiger charge is -2.30. The highest BCUT2D eigenvalue weighted by atomic mass is 16.6. The smallest absolute Gasteiger partial charge is 0.315 e. The van der Waals surface area contributed by atoms with Crippen molar-refractivity contribution in [2.45, 2.75) is 31.3 Å². The van der Waals surface area contributed by atoms with Crippen LogP contribution in [0, 0.1) is 10.1 Å². The molecule has 1 fully saturated rings. The number of likely N-dealkylation sites (N-methyl/N-ethyl adjacent to an activating group) is 1. The van der Waals surface area contributed by atoms with Gasteiger partial charge in [-0.2, -0.15) is 0 Å². The monoisotopic (exact) mass is 279 g/mol. The van der Waals surface area contributed by atoms with Crippen LogP contribution < -0.4 is 10.2 Å².